The van der Waals surface area contributed by atoms with E-state index in [1.54, 1.807) is 11.0 Å². The number of amides is 1. The van der Waals surface area contributed by atoms with E-state index in [2.05, 4.69) is 6.07 Å². The van der Waals surface area contributed by atoms with Crippen molar-refractivity contribution >= 4 is 6.09 Å². The van der Waals surface area contributed by atoms with E-state index in [0.29, 0.717) is 12.1 Å². The number of nitriles is 1. The van der Waals surface area contributed by atoms with Gasteiger partial charge in [0, 0.05) is 6.54 Å². The van der Waals surface area contributed by atoms with E-state index in [1.165, 1.54) is 0 Å². The Morgan fingerprint density at radius 1 is 1.47 bits per heavy atom. The predicted molar refractivity (Wildman–Crippen MR) is 71.3 cm³/mol. The number of fused-ring (bicyclic) bond motifs is 1. The third-order valence-corrected chi connectivity index (χ3v) is 3.16. The molecule has 19 heavy (non-hydrogen) atoms. The van der Waals surface area contributed by atoms with Crippen LogP contribution in [0, 0.1) is 11.3 Å². The molecule has 100 valence electrons. The quantitative estimate of drug-likeness (QED) is 0.717. The summed E-state index contributed by atoms with van der Waals surface area (Å²) in [4.78, 5) is 13.8. The van der Waals surface area contributed by atoms with Crippen LogP contribution in [0.15, 0.2) is 18.2 Å². The Balaban J connectivity index is 2.22. The van der Waals surface area contributed by atoms with Gasteiger partial charge in [0.2, 0.25) is 0 Å². The summed E-state index contributed by atoms with van der Waals surface area (Å²) in [6.07, 6.45) is -0.310. The lowest BCUT2D eigenvalue weighted by atomic mass is 10.0. The van der Waals surface area contributed by atoms with E-state index in [9.17, 15) is 4.79 Å². The number of carbonyl (C=O) groups excluding carboxylic acids is 1. The van der Waals surface area contributed by atoms with Crippen molar-refractivity contribution in [2.24, 2.45) is 0 Å². The van der Waals surface area contributed by atoms with Gasteiger partial charge in [0.05, 0.1) is 17.7 Å². The summed E-state index contributed by atoms with van der Waals surface area (Å²) in [7, 11) is 0. The Labute approximate surface area is 113 Å². The monoisotopic (exact) mass is 258 g/mol. The molecule has 1 unspecified atom stereocenters. The van der Waals surface area contributed by atoms with Crippen LogP contribution in [0.25, 0.3) is 0 Å². The molecule has 4 heteroatoms. The van der Waals surface area contributed by atoms with Crippen LogP contribution < -0.4 is 0 Å². The van der Waals surface area contributed by atoms with Crippen molar-refractivity contribution in [2.75, 3.05) is 0 Å². The molecular formula is C15H18N2O2. The molecule has 1 heterocycles. The molecule has 0 bridgehead atoms. The fraction of sp³-hybridized carbons (Fsp3) is 0.467. The summed E-state index contributed by atoms with van der Waals surface area (Å²) >= 11 is 0. The number of rotatable bonds is 0. The lowest BCUT2D eigenvalue weighted by Gasteiger charge is -2.27. The summed E-state index contributed by atoms with van der Waals surface area (Å²) in [5, 5.41) is 8.93. The van der Waals surface area contributed by atoms with Gasteiger partial charge in [-0.1, -0.05) is 6.07 Å². The van der Waals surface area contributed by atoms with Gasteiger partial charge in [0.25, 0.3) is 0 Å². The molecule has 1 aliphatic rings. The molecule has 1 atom stereocenters. The van der Waals surface area contributed by atoms with Crippen molar-refractivity contribution in [3.63, 3.8) is 0 Å². The lowest BCUT2D eigenvalue weighted by molar-refractivity contribution is 0.0187. The summed E-state index contributed by atoms with van der Waals surface area (Å²) in [6.45, 7) is 8.06. The molecular weight excluding hydrogens is 240 g/mol. The third-order valence-electron chi connectivity index (χ3n) is 3.16. The number of hydrogen-bond acceptors (Lipinski definition) is 3. The average molecular weight is 258 g/mol. The second-order valence-corrected chi connectivity index (χ2v) is 5.81. The van der Waals surface area contributed by atoms with E-state index >= 15 is 0 Å². The number of nitrogens with zero attached hydrogens (tertiary/aromatic N) is 2. The fourth-order valence-electron chi connectivity index (χ4n) is 2.23. The minimum absolute atomic E-state index is 0.0573. The van der Waals surface area contributed by atoms with E-state index in [-0.39, 0.29) is 12.1 Å². The van der Waals surface area contributed by atoms with Gasteiger partial charge < -0.3 is 4.74 Å². The highest BCUT2D eigenvalue weighted by molar-refractivity contribution is 5.70. The molecule has 0 saturated carbocycles. The predicted octanol–water partition coefficient (Wildman–Crippen LogP) is 3.37. The molecule has 0 saturated heterocycles. The number of ether oxygens (including phenoxy) is 1. The highest BCUT2D eigenvalue weighted by atomic mass is 16.6. The zero-order valence-electron chi connectivity index (χ0n) is 11.7. The molecule has 2 rings (SSSR count). The first-order valence-corrected chi connectivity index (χ1v) is 6.34. The zero-order chi connectivity index (χ0) is 14.2. The van der Waals surface area contributed by atoms with E-state index in [0.717, 1.165) is 11.1 Å². The van der Waals surface area contributed by atoms with Crippen molar-refractivity contribution in [2.45, 2.75) is 45.9 Å². The van der Waals surface area contributed by atoms with Gasteiger partial charge in [-0.15, -0.1) is 0 Å². The summed E-state index contributed by atoms with van der Waals surface area (Å²) in [5.74, 6) is 0. The van der Waals surface area contributed by atoms with Crippen LogP contribution in [-0.4, -0.2) is 16.6 Å². The van der Waals surface area contributed by atoms with Gasteiger partial charge in [0.1, 0.15) is 5.60 Å². The molecule has 4 nitrogen and oxygen atoms in total. The Bertz CT molecular complexity index is 552. The average Bonchev–Trinajstić information content (AvgIpc) is 2.64. The Kier molecular flexibility index (Phi) is 3.23. The molecule has 1 amide bonds. The van der Waals surface area contributed by atoms with Crippen LogP contribution >= 0.6 is 0 Å². The van der Waals surface area contributed by atoms with Crippen molar-refractivity contribution in [3.05, 3.63) is 34.9 Å². The minimum atomic E-state index is -0.497. The topological polar surface area (TPSA) is 53.3 Å². The Morgan fingerprint density at radius 3 is 2.74 bits per heavy atom. The van der Waals surface area contributed by atoms with E-state index in [1.807, 2.05) is 39.8 Å². The van der Waals surface area contributed by atoms with Crippen molar-refractivity contribution in [1.29, 1.82) is 5.26 Å². The van der Waals surface area contributed by atoms with Gasteiger partial charge in [0.15, 0.2) is 0 Å². The highest BCUT2D eigenvalue weighted by Gasteiger charge is 2.33. The molecule has 0 aromatic heterocycles. The lowest BCUT2D eigenvalue weighted by Crippen LogP contribution is -2.34. The summed E-state index contributed by atoms with van der Waals surface area (Å²) < 4.78 is 5.40. The summed E-state index contributed by atoms with van der Waals surface area (Å²) in [6, 6.07) is 7.61. The molecule has 0 fully saturated rings. The van der Waals surface area contributed by atoms with Crippen LogP contribution in [0.2, 0.25) is 0 Å². The standard InChI is InChI=1S/C15H18N2O2/c1-10-13-7-11(8-16)5-6-12(13)9-17(10)14(18)19-15(2,3)4/h5-7,10H,9H2,1-4H3. The van der Waals surface area contributed by atoms with Crippen LogP contribution in [0.4, 0.5) is 4.79 Å². The third kappa shape index (κ3) is 2.70. The second-order valence-electron chi connectivity index (χ2n) is 5.81. The Hall–Kier alpha value is -2.02. The van der Waals surface area contributed by atoms with Gasteiger partial charge >= 0.3 is 6.09 Å². The first kappa shape index (κ1) is 13.4. The molecule has 0 spiro atoms. The number of hydrogen-bond donors (Lipinski definition) is 0. The van der Waals surface area contributed by atoms with Gasteiger partial charge in [-0.25, -0.2) is 4.79 Å². The SMILES string of the molecule is CC1c2cc(C#N)ccc2CN1C(=O)OC(C)(C)C. The first-order valence-electron chi connectivity index (χ1n) is 6.34. The van der Waals surface area contributed by atoms with Crippen LogP contribution in [0.5, 0.6) is 0 Å². The van der Waals surface area contributed by atoms with Crippen molar-refractivity contribution in [3.8, 4) is 6.07 Å². The van der Waals surface area contributed by atoms with Crippen molar-refractivity contribution in [1.82, 2.24) is 4.90 Å². The number of benzene rings is 1. The van der Waals surface area contributed by atoms with Gasteiger partial charge in [-0.05, 0) is 51.0 Å². The Morgan fingerprint density at radius 2 is 2.16 bits per heavy atom. The van der Waals surface area contributed by atoms with E-state index < -0.39 is 5.60 Å². The molecule has 0 aliphatic carbocycles. The zero-order valence-corrected chi connectivity index (χ0v) is 11.7. The second kappa shape index (κ2) is 4.58. The normalized spacial score (nSPS) is 17.8. The first-order chi connectivity index (χ1) is 8.81. The van der Waals surface area contributed by atoms with Crippen LogP contribution in [-0.2, 0) is 11.3 Å². The van der Waals surface area contributed by atoms with Crippen LogP contribution in [0.1, 0.15) is 50.4 Å². The maximum Gasteiger partial charge on any atom is 0.411 e. The molecule has 1 aliphatic heterocycles. The smallest absolute Gasteiger partial charge is 0.411 e. The van der Waals surface area contributed by atoms with Gasteiger partial charge in [-0.2, -0.15) is 5.26 Å². The molecule has 0 radical (unpaired) electrons. The van der Waals surface area contributed by atoms with E-state index in [4.69, 9.17) is 10.00 Å². The largest absolute Gasteiger partial charge is 0.444 e. The maximum atomic E-state index is 12.1. The molecule has 0 N–H and O–H groups in total. The minimum Gasteiger partial charge on any atom is -0.444 e. The maximum absolute atomic E-state index is 12.1. The fourth-order valence-corrected chi connectivity index (χ4v) is 2.23. The van der Waals surface area contributed by atoms with Crippen LogP contribution in [0.3, 0.4) is 0 Å². The summed E-state index contributed by atoms with van der Waals surface area (Å²) in [5.41, 5.74) is 2.24. The molecule has 1 aromatic carbocycles. The van der Waals surface area contributed by atoms with Crippen molar-refractivity contribution < 1.29 is 9.53 Å². The number of carbonyl (C=O) groups is 1. The molecule has 1 aromatic rings. The highest BCUT2D eigenvalue weighted by Crippen LogP contribution is 2.34. The van der Waals surface area contributed by atoms with Gasteiger partial charge in [-0.3, -0.25) is 4.90 Å².